The molecule has 0 radical (unpaired) electrons. The Morgan fingerprint density at radius 1 is 0.581 bits per heavy atom. The molecule has 0 unspecified atom stereocenters. The Morgan fingerprint density at radius 2 is 1.03 bits per heavy atom. The van der Waals surface area contributed by atoms with Crippen LogP contribution in [-0.2, 0) is 34.0 Å². The maximum absolute atomic E-state index is 6.38. The molecule has 4 rings (SSSR count). The zero-order valence-corrected chi connectivity index (χ0v) is 17.6. The molecule has 0 bridgehead atoms. The minimum atomic E-state index is -0.287. The predicted octanol–water partition coefficient (Wildman–Crippen LogP) is 5.87. The van der Waals surface area contributed by atoms with Gasteiger partial charge in [-0.25, -0.2) is 0 Å². The van der Waals surface area contributed by atoms with Gasteiger partial charge in [0, 0.05) is 0 Å². The first-order valence-corrected chi connectivity index (χ1v) is 10.6. The van der Waals surface area contributed by atoms with Crippen LogP contribution in [0.1, 0.15) is 16.7 Å². The van der Waals surface area contributed by atoms with Crippen molar-refractivity contribution < 1.29 is 14.2 Å². The van der Waals surface area contributed by atoms with E-state index >= 15 is 0 Å². The summed E-state index contributed by atoms with van der Waals surface area (Å²) in [6.07, 6.45) is 3.23. The van der Waals surface area contributed by atoms with E-state index in [9.17, 15) is 0 Å². The average Bonchev–Trinajstić information content (AvgIpc) is 2.83. The van der Waals surface area contributed by atoms with Gasteiger partial charge in [-0.3, -0.25) is 0 Å². The number of hydrogen-bond donors (Lipinski definition) is 0. The lowest BCUT2D eigenvalue weighted by molar-refractivity contribution is -0.129. The predicted molar refractivity (Wildman–Crippen MR) is 123 cm³/mol. The molecule has 0 saturated heterocycles. The third-order valence-corrected chi connectivity index (χ3v) is 5.33. The molecule has 0 fully saturated rings. The van der Waals surface area contributed by atoms with Gasteiger partial charge in [-0.05, 0) is 22.3 Å². The Morgan fingerprint density at radius 3 is 1.55 bits per heavy atom. The second-order valence-corrected chi connectivity index (χ2v) is 7.67. The quantitative estimate of drug-likeness (QED) is 0.440. The van der Waals surface area contributed by atoms with E-state index in [2.05, 4.69) is 43.0 Å². The van der Waals surface area contributed by atoms with E-state index in [0.29, 0.717) is 19.8 Å². The molecule has 3 aromatic carbocycles. The van der Waals surface area contributed by atoms with Gasteiger partial charge in [0.15, 0.2) is 0 Å². The van der Waals surface area contributed by atoms with Crippen LogP contribution in [0, 0.1) is 0 Å². The highest BCUT2D eigenvalue weighted by Gasteiger charge is 2.35. The summed E-state index contributed by atoms with van der Waals surface area (Å²) in [6, 6.07) is 30.5. The maximum atomic E-state index is 6.38. The van der Waals surface area contributed by atoms with E-state index in [1.165, 1.54) is 0 Å². The van der Waals surface area contributed by atoms with Crippen molar-refractivity contribution in [2.24, 2.45) is 0 Å². The van der Waals surface area contributed by atoms with Crippen LogP contribution in [0.25, 0.3) is 0 Å². The SMILES string of the molecule is C=C1C=C[C@@H](OCc2ccccc2)[C@@H](OCc2ccccc2)[C@H]1OCc1ccccc1. The van der Waals surface area contributed by atoms with Gasteiger partial charge in [0.25, 0.3) is 0 Å². The summed E-state index contributed by atoms with van der Waals surface area (Å²) in [7, 11) is 0. The van der Waals surface area contributed by atoms with Crippen LogP contribution in [-0.4, -0.2) is 18.3 Å². The Labute approximate surface area is 184 Å². The lowest BCUT2D eigenvalue weighted by Crippen LogP contribution is -2.44. The van der Waals surface area contributed by atoms with Crippen molar-refractivity contribution in [3.63, 3.8) is 0 Å². The van der Waals surface area contributed by atoms with E-state index in [0.717, 1.165) is 22.3 Å². The van der Waals surface area contributed by atoms with E-state index < -0.39 is 0 Å². The first-order chi connectivity index (χ1) is 15.3. The molecule has 0 heterocycles. The fraction of sp³-hybridized carbons (Fsp3) is 0.214. The van der Waals surface area contributed by atoms with Crippen LogP contribution in [0.3, 0.4) is 0 Å². The zero-order valence-electron chi connectivity index (χ0n) is 17.6. The topological polar surface area (TPSA) is 27.7 Å². The van der Waals surface area contributed by atoms with Gasteiger partial charge in [-0.1, -0.05) is 110 Å². The average molecular weight is 413 g/mol. The van der Waals surface area contributed by atoms with Gasteiger partial charge in [-0.2, -0.15) is 0 Å². The molecule has 0 spiro atoms. The summed E-state index contributed by atoms with van der Waals surface area (Å²) in [5.74, 6) is 0. The number of hydrogen-bond acceptors (Lipinski definition) is 3. The monoisotopic (exact) mass is 412 g/mol. The molecule has 3 atom stereocenters. The van der Waals surface area contributed by atoms with E-state index in [1.807, 2.05) is 66.7 Å². The molecule has 31 heavy (non-hydrogen) atoms. The molecule has 3 nitrogen and oxygen atoms in total. The summed E-state index contributed by atoms with van der Waals surface area (Å²) in [4.78, 5) is 0. The third kappa shape index (κ3) is 6.02. The highest BCUT2D eigenvalue weighted by molar-refractivity contribution is 5.29. The van der Waals surface area contributed by atoms with Crippen molar-refractivity contribution in [3.8, 4) is 0 Å². The van der Waals surface area contributed by atoms with E-state index in [4.69, 9.17) is 14.2 Å². The molecule has 3 heteroatoms. The Balaban J connectivity index is 1.48. The lowest BCUT2D eigenvalue weighted by Gasteiger charge is -2.35. The molecule has 0 saturated carbocycles. The minimum Gasteiger partial charge on any atom is -0.367 e. The van der Waals surface area contributed by atoms with Crippen LogP contribution >= 0.6 is 0 Å². The molecule has 3 aromatic rings. The van der Waals surface area contributed by atoms with Crippen molar-refractivity contribution in [1.82, 2.24) is 0 Å². The maximum Gasteiger partial charge on any atom is 0.118 e. The second-order valence-electron chi connectivity index (χ2n) is 7.67. The molecular formula is C28H28O3. The molecule has 0 amide bonds. The Hall–Kier alpha value is -2.98. The Kier molecular flexibility index (Phi) is 7.46. The van der Waals surface area contributed by atoms with Crippen molar-refractivity contribution in [3.05, 3.63) is 132 Å². The number of ether oxygens (including phenoxy) is 3. The largest absolute Gasteiger partial charge is 0.367 e. The van der Waals surface area contributed by atoms with Gasteiger partial charge < -0.3 is 14.2 Å². The minimum absolute atomic E-state index is 0.227. The summed E-state index contributed by atoms with van der Waals surface area (Å²) >= 11 is 0. The van der Waals surface area contributed by atoms with Crippen LogP contribution < -0.4 is 0 Å². The standard InChI is InChI=1S/C28H28O3/c1-22-17-18-26(29-19-23-11-5-2-6-12-23)28(31-21-25-15-9-4-10-16-25)27(22)30-20-24-13-7-3-8-14-24/h2-18,26-28H,1,19-21H2/t26-,27+,28-/m1/s1. The summed E-state index contributed by atoms with van der Waals surface area (Å²) in [5.41, 5.74) is 4.26. The van der Waals surface area contributed by atoms with Crippen LogP contribution in [0.15, 0.2) is 115 Å². The molecule has 0 aromatic heterocycles. The van der Waals surface area contributed by atoms with Crippen molar-refractivity contribution >= 4 is 0 Å². The third-order valence-electron chi connectivity index (χ3n) is 5.33. The van der Waals surface area contributed by atoms with Crippen molar-refractivity contribution in [2.45, 2.75) is 38.1 Å². The van der Waals surface area contributed by atoms with Crippen molar-refractivity contribution in [2.75, 3.05) is 0 Å². The highest BCUT2D eigenvalue weighted by Crippen LogP contribution is 2.27. The zero-order chi connectivity index (χ0) is 21.3. The molecule has 1 aliphatic carbocycles. The Bertz CT molecular complexity index is 967. The van der Waals surface area contributed by atoms with Crippen LogP contribution in [0.5, 0.6) is 0 Å². The number of rotatable bonds is 9. The van der Waals surface area contributed by atoms with Gasteiger partial charge in [0.2, 0.25) is 0 Å². The van der Waals surface area contributed by atoms with Crippen molar-refractivity contribution in [1.29, 1.82) is 0 Å². The fourth-order valence-electron chi connectivity index (χ4n) is 3.63. The summed E-state index contributed by atoms with van der Waals surface area (Å²) < 4.78 is 19.0. The van der Waals surface area contributed by atoms with Gasteiger partial charge in [0.1, 0.15) is 18.3 Å². The normalized spacial score (nSPS) is 20.6. The lowest BCUT2D eigenvalue weighted by atomic mass is 9.94. The molecule has 158 valence electrons. The van der Waals surface area contributed by atoms with Crippen LogP contribution in [0.4, 0.5) is 0 Å². The number of benzene rings is 3. The fourth-order valence-corrected chi connectivity index (χ4v) is 3.63. The van der Waals surface area contributed by atoms with Gasteiger partial charge in [0.05, 0.1) is 19.8 Å². The summed E-state index contributed by atoms with van der Waals surface area (Å²) in [5, 5.41) is 0. The summed E-state index contributed by atoms with van der Waals surface area (Å²) in [6.45, 7) is 5.72. The molecule has 0 aliphatic heterocycles. The van der Waals surface area contributed by atoms with Gasteiger partial charge >= 0.3 is 0 Å². The smallest absolute Gasteiger partial charge is 0.118 e. The van der Waals surface area contributed by atoms with Crippen LogP contribution in [0.2, 0.25) is 0 Å². The first-order valence-electron chi connectivity index (χ1n) is 10.6. The second kappa shape index (κ2) is 10.9. The van der Waals surface area contributed by atoms with E-state index in [1.54, 1.807) is 0 Å². The highest BCUT2D eigenvalue weighted by atomic mass is 16.6. The first kappa shape index (κ1) is 21.3. The molecular weight excluding hydrogens is 384 g/mol. The van der Waals surface area contributed by atoms with E-state index in [-0.39, 0.29) is 18.3 Å². The molecule has 0 N–H and O–H groups in total. The molecule has 1 aliphatic rings. The van der Waals surface area contributed by atoms with Gasteiger partial charge in [-0.15, -0.1) is 0 Å².